The molecule has 4 aromatic rings. The minimum Gasteiger partial charge on any atom is -0.373 e. The molecule has 0 atom stereocenters. The third-order valence-electron chi connectivity index (χ3n) is 5.86. The van der Waals surface area contributed by atoms with E-state index < -0.39 is 5.41 Å². The molecule has 1 aromatic carbocycles. The van der Waals surface area contributed by atoms with Crippen LogP contribution in [0, 0.1) is 0 Å². The molecule has 1 fully saturated rings. The molecule has 8 heteroatoms. The van der Waals surface area contributed by atoms with Gasteiger partial charge in [-0.1, -0.05) is 18.2 Å². The number of nitrogens with zero attached hydrogens (tertiary/aromatic N) is 5. The average molecular weight is 399 g/mol. The largest absolute Gasteiger partial charge is 0.373 e. The number of rotatable bonds is 5. The highest BCUT2D eigenvalue weighted by Crippen LogP contribution is 2.48. The maximum Gasteiger partial charge on any atom is 0.229 e. The monoisotopic (exact) mass is 399 g/mol. The first-order valence-corrected chi connectivity index (χ1v) is 9.75. The zero-order valence-corrected chi connectivity index (χ0v) is 16.8. The minimum atomic E-state index is -0.644. The third kappa shape index (κ3) is 2.72. The Kier molecular flexibility index (Phi) is 4.02. The molecule has 1 aliphatic carbocycles. The number of primary amides is 1. The maximum atomic E-state index is 12.0. The van der Waals surface area contributed by atoms with Crippen molar-refractivity contribution >= 4 is 22.5 Å². The van der Waals surface area contributed by atoms with E-state index in [0.717, 1.165) is 57.6 Å². The van der Waals surface area contributed by atoms with Gasteiger partial charge in [0.15, 0.2) is 5.82 Å². The number of hydrogen-bond donors (Lipinski definition) is 2. The number of nitrogens with one attached hydrogen (secondary N) is 1. The van der Waals surface area contributed by atoms with Crippen LogP contribution in [0.1, 0.15) is 18.5 Å². The molecular formula is C22H21N7O. The number of aromatic nitrogens is 5. The van der Waals surface area contributed by atoms with Gasteiger partial charge in [-0.2, -0.15) is 5.10 Å². The fourth-order valence-corrected chi connectivity index (χ4v) is 3.96. The van der Waals surface area contributed by atoms with E-state index in [-0.39, 0.29) is 5.91 Å². The van der Waals surface area contributed by atoms with Gasteiger partial charge in [-0.25, -0.2) is 14.6 Å². The third-order valence-corrected chi connectivity index (χ3v) is 5.86. The van der Waals surface area contributed by atoms with E-state index in [1.54, 1.807) is 10.9 Å². The van der Waals surface area contributed by atoms with Crippen LogP contribution in [0.2, 0.25) is 0 Å². The summed E-state index contributed by atoms with van der Waals surface area (Å²) >= 11 is 0. The number of hydrogen-bond acceptors (Lipinski definition) is 6. The summed E-state index contributed by atoms with van der Waals surface area (Å²) in [6.07, 6.45) is 6.64. The van der Waals surface area contributed by atoms with Crippen LogP contribution in [-0.4, -0.2) is 37.7 Å². The average Bonchev–Trinajstić information content (AvgIpc) is 3.48. The molecule has 30 heavy (non-hydrogen) atoms. The molecule has 0 spiro atoms. The number of pyridine rings is 2. The Balaban J connectivity index is 1.71. The molecule has 150 valence electrons. The molecule has 5 rings (SSSR count). The number of fused-ring (bicyclic) bond motifs is 1. The molecule has 1 aliphatic rings. The Morgan fingerprint density at radius 2 is 1.90 bits per heavy atom. The minimum absolute atomic E-state index is 0.317. The summed E-state index contributed by atoms with van der Waals surface area (Å²) in [5, 5.41) is 9.15. The second-order valence-electron chi connectivity index (χ2n) is 7.62. The van der Waals surface area contributed by atoms with Crippen molar-refractivity contribution in [2.45, 2.75) is 18.3 Å². The lowest BCUT2D eigenvalue weighted by Crippen LogP contribution is -2.29. The van der Waals surface area contributed by atoms with Crippen LogP contribution in [0.5, 0.6) is 0 Å². The highest BCUT2D eigenvalue weighted by Gasteiger charge is 2.51. The first kappa shape index (κ1) is 18.2. The van der Waals surface area contributed by atoms with Crippen molar-refractivity contribution < 1.29 is 4.79 Å². The summed E-state index contributed by atoms with van der Waals surface area (Å²) in [6.45, 7) is 0. The lowest BCUT2D eigenvalue weighted by Gasteiger charge is -2.15. The Labute approximate surface area is 173 Å². The first-order chi connectivity index (χ1) is 14.5. The summed E-state index contributed by atoms with van der Waals surface area (Å²) < 4.78 is 1.74. The van der Waals surface area contributed by atoms with E-state index in [1.165, 1.54) is 6.33 Å². The number of aryl methyl sites for hydroxylation is 1. The van der Waals surface area contributed by atoms with Crippen molar-refractivity contribution in [3.63, 3.8) is 0 Å². The van der Waals surface area contributed by atoms with Gasteiger partial charge in [0, 0.05) is 43.0 Å². The topological polar surface area (TPSA) is 112 Å². The number of amides is 1. The first-order valence-electron chi connectivity index (χ1n) is 9.75. The van der Waals surface area contributed by atoms with Gasteiger partial charge >= 0.3 is 0 Å². The highest BCUT2D eigenvalue weighted by molar-refractivity contribution is 6.02. The molecule has 0 unspecified atom stereocenters. The molecule has 0 saturated heterocycles. The van der Waals surface area contributed by atoms with E-state index in [0.29, 0.717) is 0 Å². The van der Waals surface area contributed by atoms with Crippen molar-refractivity contribution in [3.05, 3.63) is 54.7 Å². The number of anilines is 1. The Hall–Kier alpha value is -3.81. The quantitative estimate of drug-likeness (QED) is 0.534. The van der Waals surface area contributed by atoms with Gasteiger partial charge in [-0.05, 0) is 35.9 Å². The zero-order valence-electron chi connectivity index (χ0n) is 16.8. The molecular weight excluding hydrogens is 378 g/mol. The predicted molar refractivity (Wildman–Crippen MR) is 115 cm³/mol. The highest BCUT2D eigenvalue weighted by atomic mass is 16.1. The van der Waals surface area contributed by atoms with Gasteiger partial charge in [0.05, 0.1) is 11.1 Å². The lowest BCUT2D eigenvalue weighted by atomic mass is 9.95. The van der Waals surface area contributed by atoms with Crippen molar-refractivity contribution in [1.82, 2.24) is 24.7 Å². The number of nitrogens with two attached hydrogens (primary N) is 1. The van der Waals surface area contributed by atoms with Crippen LogP contribution in [-0.2, 0) is 17.3 Å². The Morgan fingerprint density at radius 3 is 2.57 bits per heavy atom. The van der Waals surface area contributed by atoms with E-state index in [1.807, 2.05) is 44.6 Å². The van der Waals surface area contributed by atoms with Crippen LogP contribution in [0.3, 0.4) is 0 Å². The second kappa shape index (κ2) is 6.62. The van der Waals surface area contributed by atoms with E-state index in [9.17, 15) is 4.79 Å². The summed E-state index contributed by atoms with van der Waals surface area (Å²) in [5.74, 6) is 1.21. The molecule has 1 saturated carbocycles. The molecule has 3 N–H and O–H groups in total. The van der Waals surface area contributed by atoms with E-state index >= 15 is 0 Å². The van der Waals surface area contributed by atoms with Crippen LogP contribution in [0.25, 0.3) is 33.3 Å². The maximum absolute atomic E-state index is 12.0. The van der Waals surface area contributed by atoms with Gasteiger partial charge in [-0.15, -0.1) is 0 Å². The fourth-order valence-electron chi connectivity index (χ4n) is 3.96. The smallest absolute Gasteiger partial charge is 0.229 e. The summed E-state index contributed by atoms with van der Waals surface area (Å²) in [6, 6.07) is 10.1. The number of carbonyl (C=O) groups excluding carboxylic acids is 1. The summed E-state index contributed by atoms with van der Waals surface area (Å²) in [5.41, 5.74) is 8.68. The van der Waals surface area contributed by atoms with Crippen molar-refractivity contribution in [2.75, 3.05) is 12.4 Å². The van der Waals surface area contributed by atoms with Crippen LogP contribution in [0.15, 0.2) is 49.1 Å². The van der Waals surface area contributed by atoms with Gasteiger partial charge in [-0.3, -0.25) is 9.78 Å². The van der Waals surface area contributed by atoms with Crippen LogP contribution in [0.4, 0.5) is 5.82 Å². The normalized spacial score (nSPS) is 14.6. The summed E-state index contributed by atoms with van der Waals surface area (Å²) in [7, 11) is 3.69. The molecule has 3 heterocycles. The van der Waals surface area contributed by atoms with Gasteiger partial charge in [0.25, 0.3) is 0 Å². The SMILES string of the molecule is CNc1ncc(-c2cccc(-c3ncnn3C)c2)c2cc(C3(C(N)=O)CC3)ncc12. The van der Waals surface area contributed by atoms with Gasteiger partial charge in [0.2, 0.25) is 5.91 Å². The molecule has 0 aliphatic heterocycles. The van der Waals surface area contributed by atoms with E-state index in [4.69, 9.17) is 5.73 Å². The van der Waals surface area contributed by atoms with Crippen molar-refractivity contribution in [2.24, 2.45) is 12.8 Å². The molecule has 8 nitrogen and oxygen atoms in total. The standard InChI is InChI=1S/C22H21N7O/c1-24-19-17-11-25-18(22(6-7-22)21(23)30)9-15(17)16(10-26-19)13-4-3-5-14(8-13)20-27-12-28-29(20)2/h3-5,8-12H,6-7H2,1-2H3,(H2,23,30)(H,24,26). The Bertz CT molecular complexity index is 1290. The molecule has 3 aromatic heterocycles. The lowest BCUT2D eigenvalue weighted by molar-refractivity contribution is -0.120. The Morgan fingerprint density at radius 1 is 1.10 bits per heavy atom. The number of carbonyl (C=O) groups is 1. The summed E-state index contributed by atoms with van der Waals surface area (Å²) in [4.78, 5) is 25.5. The van der Waals surface area contributed by atoms with Crippen molar-refractivity contribution in [1.29, 1.82) is 0 Å². The van der Waals surface area contributed by atoms with E-state index in [2.05, 4.69) is 31.4 Å². The fraction of sp³-hybridized carbons (Fsp3) is 0.227. The number of benzene rings is 1. The van der Waals surface area contributed by atoms with Crippen LogP contribution >= 0.6 is 0 Å². The van der Waals surface area contributed by atoms with Crippen molar-refractivity contribution in [3.8, 4) is 22.5 Å². The molecule has 0 radical (unpaired) electrons. The second-order valence-corrected chi connectivity index (χ2v) is 7.62. The van der Waals surface area contributed by atoms with Crippen LogP contribution < -0.4 is 11.1 Å². The predicted octanol–water partition coefficient (Wildman–Crippen LogP) is 2.65. The zero-order chi connectivity index (χ0) is 20.9. The van der Waals surface area contributed by atoms with Gasteiger partial charge < -0.3 is 11.1 Å². The van der Waals surface area contributed by atoms with Gasteiger partial charge in [0.1, 0.15) is 12.1 Å². The molecule has 1 amide bonds. The molecule has 0 bridgehead atoms.